The first kappa shape index (κ1) is 17.0. The van der Waals surface area contributed by atoms with E-state index in [2.05, 4.69) is 67.6 Å². The summed E-state index contributed by atoms with van der Waals surface area (Å²) in [7, 11) is -1.72. The third kappa shape index (κ3) is 4.08. The molecule has 0 unspecified atom stereocenters. The van der Waals surface area contributed by atoms with E-state index >= 15 is 0 Å². The van der Waals surface area contributed by atoms with Crippen LogP contribution >= 0.6 is 0 Å². The van der Waals surface area contributed by atoms with Crippen LogP contribution in [0.4, 0.5) is 0 Å². The Balaban J connectivity index is 2.43. The maximum absolute atomic E-state index is 9.20. The molecule has 0 saturated heterocycles. The molecule has 0 bridgehead atoms. The van der Waals surface area contributed by atoms with Gasteiger partial charge in [-0.2, -0.15) is 0 Å². The van der Waals surface area contributed by atoms with E-state index in [1.165, 1.54) is 24.9 Å². The van der Waals surface area contributed by atoms with Gasteiger partial charge in [-0.25, -0.2) is 0 Å². The van der Waals surface area contributed by atoms with Gasteiger partial charge < -0.3 is 5.11 Å². The van der Waals surface area contributed by atoms with Gasteiger partial charge in [0.1, 0.15) is 8.07 Å². The fraction of sp³-hybridized carbons (Fsp3) is 0.400. The molecule has 0 aliphatic rings. The standard InChI is InChI=1S/C20H28OSi/c1-2-3-17-22(18-11-10-16-21,19-12-6-4-7-13-19)20-14-8-5-9-15-20/h4-9,12-15,21H,2-3,10-11,16-18H2,1H3. The van der Waals surface area contributed by atoms with Crippen molar-refractivity contribution in [3.63, 3.8) is 0 Å². The molecule has 0 spiro atoms. The summed E-state index contributed by atoms with van der Waals surface area (Å²) in [5, 5.41) is 12.3. The molecule has 0 aliphatic heterocycles. The fourth-order valence-electron chi connectivity index (χ4n) is 3.40. The molecule has 0 radical (unpaired) electrons. The van der Waals surface area contributed by atoms with Gasteiger partial charge in [-0.1, -0.05) is 97.2 Å². The SMILES string of the molecule is CCCC[Si](CCCCO)(c1ccccc1)c1ccccc1. The minimum atomic E-state index is -1.72. The van der Waals surface area contributed by atoms with Crippen LogP contribution in [0.3, 0.4) is 0 Å². The van der Waals surface area contributed by atoms with Crippen molar-refractivity contribution in [1.29, 1.82) is 0 Å². The van der Waals surface area contributed by atoms with E-state index in [-0.39, 0.29) is 0 Å². The molecule has 2 aromatic carbocycles. The average molecular weight is 313 g/mol. The van der Waals surface area contributed by atoms with Crippen molar-refractivity contribution in [3.8, 4) is 0 Å². The Labute approximate surface area is 136 Å². The molecule has 1 N–H and O–H groups in total. The van der Waals surface area contributed by atoms with Crippen LogP contribution in [0.2, 0.25) is 12.1 Å². The minimum Gasteiger partial charge on any atom is -0.396 e. The molecule has 118 valence electrons. The van der Waals surface area contributed by atoms with Crippen LogP contribution in [0.25, 0.3) is 0 Å². The monoisotopic (exact) mass is 312 g/mol. The third-order valence-electron chi connectivity index (χ3n) is 4.62. The maximum atomic E-state index is 9.20. The molecule has 0 atom stereocenters. The number of aliphatic hydroxyl groups excluding tert-OH is 1. The van der Waals surface area contributed by atoms with E-state index in [1.807, 2.05) is 0 Å². The van der Waals surface area contributed by atoms with E-state index in [1.54, 1.807) is 10.4 Å². The lowest BCUT2D eigenvalue weighted by atomic mass is 10.3. The smallest absolute Gasteiger partial charge is 0.118 e. The molecule has 2 rings (SSSR count). The highest BCUT2D eigenvalue weighted by atomic mass is 28.3. The van der Waals surface area contributed by atoms with E-state index in [0.29, 0.717) is 6.61 Å². The lowest BCUT2D eigenvalue weighted by Gasteiger charge is -2.33. The second kappa shape index (κ2) is 8.91. The van der Waals surface area contributed by atoms with Crippen molar-refractivity contribution in [2.24, 2.45) is 0 Å². The summed E-state index contributed by atoms with van der Waals surface area (Å²) >= 11 is 0. The zero-order valence-corrected chi connectivity index (χ0v) is 14.7. The maximum Gasteiger partial charge on any atom is 0.118 e. The van der Waals surface area contributed by atoms with Crippen molar-refractivity contribution in [2.75, 3.05) is 6.61 Å². The second-order valence-corrected chi connectivity index (χ2v) is 10.4. The first-order valence-corrected chi connectivity index (χ1v) is 11.0. The van der Waals surface area contributed by atoms with E-state index < -0.39 is 8.07 Å². The number of unbranched alkanes of at least 4 members (excludes halogenated alkanes) is 2. The van der Waals surface area contributed by atoms with Gasteiger partial charge in [0.25, 0.3) is 0 Å². The molecule has 0 amide bonds. The van der Waals surface area contributed by atoms with Gasteiger partial charge in [0.2, 0.25) is 0 Å². The molecule has 2 aromatic rings. The summed E-state index contributed by atoms with van der Waals surface area (Å²) < 4.78 is 0. The predicted molar refractivity (Wildman–Crippen MR) is 98.7 cm³/mol. The Kier molecular flexibility index (Phi) is 6.88. The van der Waals surface area contributed by atoms with Crippen molar-refractivity contribution >= 4 is 18.4 Å². The summed E-state index contributed by atoms with van der Waals surface area (Å²) in [6.07, 6.45) is 4.57. The first-order chi connectivity index (χ1) is 10.8. The molecular weight excluding hydrogens is 284 g/mol. The normalized spacial score (nSPS) is 11.5. The molecule has 1 nitrogen and oxygen atoms in total. The van der Waals surface area contributed by atoms with Crippen molar-refractivity contribution in [3.05, 3.63) is 60.7 Å². The Morgan fingerprint density at radius 2 is 1.23 bits per heavy atom. The van der Waals surface area contributed by atoms with Gasteiger partial charge in [-0.05, 0) is 18.5 Å². The molecule has 0 aliphatic carbocycles. The van der Waals surface area contributed by atoms with Crippen LogP contribution in [-0.4, -0.2) is 19.8 Å². The fourth-order valence-corrected chi connectivity index (χ4v) is 8.61. The molecule has 0 aromatic heterocycles. The van der Waals surface area contributed by atoms with E-state index in [4.69, 9.17) is 0 Å². The quantitative estimate of drug-likeness (QED) is 0.551. The summed E-state index contributed by atoms with van der Waals surface area (Å²) in [6, 6.07) is 24.8. The average Bonchev–Trinajstić information content (AvgIpc) is 2.60. The van der Waals surface area contributed by atoms with E-state index in [0.717, 1.165) is 12.8 Å². The third-order valence-corrected chi connectivity index (χ3v) is 9.91. The summed E-state index contributed by atoms with van der Waals surface area (Å²) in [5.74, 6) is 0. The number of benzene rings is 2. The van der Waals surface area contributed by atoms with Gasteiger partial charge in [-0.15, -0.1) is 0 Å². The molecule has 0 fully saturated rings. The first-order valence-electron chi connectivity index (χ1n) is 8.55. The number of hydrogen-bond acceptors (Lipinski definition) is 1. The van der Waals surface area contributed by atoms with Crippen LogP contribution in [0.5, 0.6) is 0 Å². The molecule has 2 heteroatoms. The summed E-state index contributed by atoms with van der Waals surface area (Å²) in [5.41, 5.74) is 0. The lowest BCUT2D eigenvalue weighted by molar-refractivity contribution is 0.287. The van der Waals surface area contributed by atoms with Gasteiger partial charge >= 0.3 is 0 Å². The Morgan fingerprint density at radius 3 is 1.68 bits per heavy atom. The highest BCUT2D eigenvalue weighted by molar-refractivity contribution is 7.02. The van der Waals surface area contributed by atoms with Crippen LogP contribution in [0.15, 0.2) is 60.7 Å². The largest absolute Gasteiger partial charge is 0.396 e. The van der Waals surface area contributed by atoms with Crippen molar-refractivity contribution in [2.45, 2.75) is 44.7 Å². The lowest BCUT2D eigenvalue weighted by Crippen LogP contribution is -2.58. The van der Waals surface area contributed by atoms with Crippen molar-refractivity contribution in [1.82, 2.24) is 0 Å². The van der Waals surface area contributed by atoms with Crippen molar-refractivity contribution < 1.29 is 5.11 Å². The van der Waals surface area contributed by atoms with Gasteiger partial charge in [0, 0.05) is 6.61 Å². The molecular formula is C20H28OSi. The van der Waals surface area contributed by atoms with Gasteiger partial charge in [0.05, 0.1) is 0 Å². The molecule has 22 heavy (non-hydrogen) atoms. The molecule has 0 saturated carbocycles. The Morgan fingerprint density at radius 1 is 0.727 bits per heavy atom. The zero-order valence-electron chi connectivity index (χ0n) is 13.7. The summed E-state index contributed by atoms with van der Waals surface area (Å²) in [6.45, 7) is 2.59. The highest BCUT2D eigenvalue weighted by Crippen LogP contribution is 2.22. The molecule has 0 heterocycles. The van der Waals surface area contributed by atoms with Crippen LogP contribution < -0.4 is 10.4 Å². The Bertz CT molecular complexity index is 484. The predicted octanol–water partition coefficient (Wildman–Crippen LogP) is 3.82. The number of hydrogen-bond donors (Lipinski definition) is 1. The van der Waals surface area contributed by atoms with Gasteiger partial charge in [-0.3, -0.25) is 0 Å². The van der Waals surface area contributed by atoms with Gasteiger partial charge in [0.15, 0.2) is 0 Å². The topological polar surface area (TPSA) is 20.2 Å². The second-order valence-electron chi connectivity index (χ2n) is 6.10. The highest BCUT2D eigenvalue weighted by Gasteiger charge is 2.35. The minimum absolute atomic E-state index is 0.307. The van der Waals surface area contributed by atoms with Crippen LogP contribution in [0.1, 0.15) is 32.6 Å². The van der Waals surface area contributed by atoms with Crippen LogP contribution in [0, 0.1) is 0 Å². The van der Waals surface area contributed by atoms with Crippen LogP contribution in [-0.2, 0) is 0 Å². The van der Waals surface area contributed by atoms with E-state index in [9.17, 15) is 5.11 Å². The number of aliphatic hydroxyl groups is 1. The Hall–Kier alpha value is -1.38. The summed E-state index contributed by atoms with van der Waals surface area (Å²) in [4.78, 5) is 0. The zero-order chi connectivity index (χ0) is 15.7. The number of rotatable bonds is 9.